The molecule has 2 heterocycles. The van der Waals surface area contributed by atoms with Gasteiger partial charge in [0, 0.05) is 37.7 Å². The van der Waals surface area contributed by atoms with Crippen LogP contribution in [0, 0.1) is 17.8 Å². The topological polar surface area (TPSA) is 75.2 Å². The van der Waals surface area contributed by atoms with Gasteiger partial charge in [-0.25, -0.2) is 22.7 Å². The third-order valence-corrected chi connectivity index (χ3v) is 8.59. The van der Waals surface area contributed by atoms with Gasteiger partial charge in [0.05, 0.1) is 10.9 Å². The van der Waals surface area contributed by atoms with Crippen molar-refractivity contribution < 1.29 is 8.42 Å². The molecule has 0 saturated heterocycles. The number of hydrogen-bond acceptors (Lipinski definition) is 5. The van der Waals surface area contributed by atoms with Gasteiger partial charge in [0.2, 0.25) is 10.0 Å². The van der Waals surface area contributed by atoms with Crippen LogP contribution in [0.15, 0.2) is 41.8 Å². The van der Waals surface area contributed by atoms with Gasteiger partial charge in [0.15, 0.2) is 0 Å². The minimum Gasteiger partial charge on any atom is -0.378 e. The SMILES string of the molecule is CN(C)S(=O)(=O)c1ccc2c(c1)C1C3CCC(C3)C1C(c1cncnc1)N2. The Morgan fingerprint density at radius 3 is 2.59 bits per heavy atom. The number of sulfonamides is 1. The molecule has 6 nitrogen and oxygen atoms in total. The number of fused-ring (bicyclic) bond motifs is 7. The molecule has 2 fully saturated rings. The van der Waals surface area contributed by atoms with Crippen molar-refractivity contribution in [3.8, 4) is 0 Å². The molecule has 1 aromatic heterocycles. The van der Waals surface area contributed by atoms with Crippen LogP contribution in [0.5, 0.6) is 0 Å². The zero-order chi connectivity index (χ0) is 18.8. The fraction of sp³-hybridized carbons (Fsp3) is 0.500. The normalized spacial score (nSPS) is 31.4. The fourth-order valence-electron chi connectivity index (χ4n) is 5.64. The lowest BCUT2D eigenvalue weighted by molar-refractivity contribution is 0.247. The van der Waals surface area contributed by atoms with Crippen molar-refractivity contribution in [2.24, 2.45) is 17.8 Å². The van der Waals surface area contributed by atoms with E-state index < -0.39 is 10.0 Å². The summed E-state index contributed by atoms with van der Waals surface area (Å²) in [6.07, 6.45) is 9.13. The maximum Gasteiger partial charge on any atom is 0.242 e. The molecule has 2 aromatic rings. The lowest BCUT2D eigenvalue weighted by Gasteiger charge is -2.43. The first-order valence-corrected chi connectivity index (χ1v) is 11.0. The van der Waals surface area contributed by atoms with Gasteiger partial charge in [-0.15, -0.1) is 0 Å². The van der Waals surface area contributed by atoms with Crippen molar-refractivity contribution in [1.82, 2.24) is 14.3 Å². The van der Waals surface area contributed by atoms with Gasteiger partial charge < -0.3 is 5.32 Å². The molecular weight excluding hydrogens is 360 g/mol. The van der Waals surface area contributed by atoms with E-state index in [1.165, 1.54) is 29.1 Å². The van der Waals surface area contributed by atoms with Crippen LogP contribution in [0.1, 0.15) is 42.3 Å². The zero-order valence-electron chi connectivity index (χ0n) is 15.5. The molecule has 0 radical (unpaired) electrons. The van der Waals surface area contributed by atoms with Crippen LogP contribution in [-0.2, 0) is 10.0 Å². The van der Waals surface area contributed by atoms with Gasteiger partial charge in [-0.3, -0.25) is 0 Å². The first-order valence-electron chi connectivity index (χ1n) is 9.54. The zero-order valence-corrected chi connectivity index (χ0v) is 16.4. The Morgan fingerprint density at radius 2 is 1.85 bits per heavy atom. The van der Waals surface area contributed by atoms with Gasteiger partial charge in [0.25, 0.3) is 0 Å². The highest BCUT2D eigenvalue weighted by atomic mass is 32.2. The van der Waals surface area contributed by atoms with Crippen molar-refractivity contribution in [3.05, 3.63) is 48.0 Å². The van der Waals surface area contributed by atoms with E-state index in [9.17, 15) is 8.42 Å². The molecule has 27 heavy (non-hydrogen) atoms. The summed E-state index contributed by atoms with van der Waals surface area (Å²) in [5.74, 6) is 2.20. The van der Waals surface area contributed by atoms with E-state index in [0.717, 1.165) is 11.3 Å². The summed E-state index contributed by atoms with van der Waals surface area (Å²) in [6, 6.07) is 5.75. The minimum atomic E-state index is -3.43. The molecule has 1 aromatic carbocycles. The maximum absolute atomic E-state index is 12.6. The van der Waals surface area contributed by atoms with Crippen LogP contribution >= 0.6 is 0 Å². The third kappa shape index (κ3) is 2.51. The van der Waals surface area contributed by atoms with Crippen molar-refractivity contribution in [1.29, 1.82) is 0 Å². The molecule has 2 aliphatic carbocycles. The first kappa shape index (κ1) is 17.1. The second-order valence-electron chi connectivity index (χ2n) is 8.27. The maximum atomic E-state index is 12.6. The third-order valence-electron chi connectivity index (χ3n) is 6.78. The summed E-state index contributed by atoms with van der Waals surface area (Å²) in [5.41, 5.74) is 3.34. The molecule has 7 heteroatoms. The first-order chi connectivity index (χ1) is 13.0. The van der Waals surface area contributed by atoms with Crippen LogP contribution in [0.3, 0.4) is 0 Å². The molecule has 2 saturated carbocycles. The quantitative estimate of drug-likeness (QED) is 0.880. The molecule has 142 valence electrons. The summed E-state index contributed by atoms with van der Waals surface area (Å²) < 4.78 is 26.6. The average Bonchev–Trinajstić information content (AvgIpc) is 3.30. The van der Waals surface area contributed by atoms with Crippen molar-refractivity contribution in [3.63, 3.8) is 0 Å². The van der Waals surface area contributed by atoms with Crippen LogP contribution < -0.4 is 5.32 Å². The molecule has 0 spiro atoms. The largest absolute Gasteiger partial charge is 0.378 e. The van der Waals surface area contributed by atoms with Gasteiger partial charge in [-0.05, 0) is 66.7 Å². The lowest BCUT2D eigenvalue weighted by Crippen LogP contribution is -2.35. The average molecular weight is 385 g/mol. The standard InChI is InChI=1S/C20H24N4O2S/c1-24(2)27(25,26)15-5-6-17-16(8-15)18-12-3-4-13(7-12)19(18)20(23-17)14-9-21-11-22-10-14/h5-6,8-13,18-20,23H,3-4,7H2,1-2H3. The van der Waals surface area contributed by atoms with Gasteiger partial charge in [0.1, 0.15) is 6.33 Å². The van der Waals surface area contributed by atoms with E-state index in [2.05, 4.69) is 15.3 Å². The summed E-state index contributed by atoms with van der Waals surface area (Å²) in [6.45, 7) is 0. The number of nitrogens with zero attached hydrogens (tertiary/aromatic N) is 3. The Labute approximate surface area is 160 Å². The monoisotopic (exact) mass is 384 g/mol. The van der Waals surface area contributed by atoms with E-state index in [1.54, 1.807) is 26.5 Å². The Hall–Kier alpha value is -1.99. The van der Waals surface area contributed by atoms with Gasteiger partial charge in [-0.2, -0.15) is 0 Å². The van der Waals surface area contributed by atoms with E-state index in [0.29, 0.717) is 28.6 Å². The molecular formula is C20H24N4O2S. The molecule has 2 bridgehead atoms. The van der Waals surface area contributed by atoms with Crippen LogP contribution in [0.4, 0.5) is 5.69 Å². The van der Waals surface area contributed by atoms with E-state index in [4.69, 9.17) is 0 Å². The smallest absolute Gasteiger partial charge is 0.242 e. The number of benzene rings is 1. The van der Waals surface area contributed by atoms with Crippen LogP contribution in [-0.4, -0.2) is 36.8 Å². The Bertz CT molecular complexity index is 977. The van der Waals surface area contributed by atoms with Crippen molar-refractivity contribution in [2.45, 2.75) is 36.1 Å². The lowest BCUT2D eigenvalue weighted by atomic mass is 9.68. The predicted molar refractivity (Wildman–Crippen MR) is 103 cm³/mol. The van der Waals surface area contributed by atoms with Crippen molar-refractivity contribution in [2.75, 3.05) is 19.4 Å². The molecule has 3 aliphatic rings. The summed E-state index contributed by atoms with van der Waals surface area (Å²) in [5, 5.41) is 3.69. The number of rotatable bonds is 3. The molecule has 1 aliphatic heterocycles. The second kappa shape index (κ2) is 6.01. The molecule has 5 rings (SSSR count). The number of hydrogen-bond donors (Lipinski definition) is 1. The highest BCUT2D eigenvalue weighted by Crippen LogP contribution is 2.63. The van der Waals surface area contributed by atoms with E-state index in [-0.39, 0.29) is 6.04 Å². The molecule has 5 atom stereocenters. The van der Waals surface area contributed by atoms with E-state index in [1.807, 2.05) is 24.5 Å². The highest BCUT2D eigenvalue weighted by Gasteiger charge is 2.54. The highest BCUT2D eigenvalue weighted by molar-refractivity contribution is 7.89. The van der Waals surface area contributed by atoms with E-state index >= 15 is 0 Å². The Balaban J connectivity index is 1.63. The summed E-state index contributed by atoms with van der Waals surface area (Å²) in [4.78, 5) is 8.83. The predicted octanol–water partition coefficient (Wildman–Crippen LogP) is 3.02. The molecule has 0 amide bonds. The van der Waals surface area contributed by atoms with Crippen LogP contribution in [0.25, 0.3) is 0 Å². The number of nitrogens with one attached hydrogen (secondary N) is 1. The summed E-state index contributed by atoms with van der Waals surface area (Å²) in [7, 11) is -0.268. The summed E-state index contributed by atoms with van der Waals surface area (Å²) >= 11 is 0. The second-order valence-corrected chi connectivity index (χ2v) is 10.4. The Morgan fingerprint density at radius 1 is 1.11 bits per heavy atom. The molecule has 5 unspecified atom stereocenters. The van der Waals surface area contributed by atoms with Gasteiger partial charge in [-0.1, -0.05) is 0 Å². The fourth-order valence-corrected chi connectivity index (χ4v) is 6.57. The van der Waals surface area contributed by atoms with Gasteiger partial charge >= 0.3 is 0 Å². The minimum absolute atomic E-state index is 0.190. The van der Waals surface area contributed by atoms with Crippen LogP contribution in [0.2, 0.25) is 0 Å². The molecule has 1 N–H and O–H groups in total. The van der Waals surface area contributed by atoms with Crippen molar-refractivity contribution >= 4 is 15.7 Å². The number of aromatic nitrogens is 2. The number of anilines is 1. The Kier molecular flexibility index (Phi) is 3.81.